The summed E-state index contributed by atoms with van der Waals surface area (Å²) in [5.41, 5.74) is 0.674. The summed E-state index contributed by atoms with van der Waals surface area (Å²) < 4.78 is 0. The quantitative estimate of drug-likeness (QED) is 0.411. The smallest absolute Gasteiger partial charge is 0.0169 e. The van der Waals surface area contributed by atoms with Crippen LogP contribution in [0.3, 0.4) is 0 Å². The van der Waals surface area contributed by atoms with Crippen LogP contribution < -0.4 is 0 Å². The monoisotopic (exact) mass is 145 g/mol. The van der Waals surface area contributed by atoms with E-state index in [4.69, 9.17) is 6.58 Å². The Morgan fingerprint density at radius 2 is 2.00 bits per heavy atom. The fraction of sp³-hybridized carbons (Fsp3) is 0.0909. The minimum absolute atomic E-state index is 0.674. The molecule has 0 rings (SSSR count). The Hall–Kier alpha value is -1.30. The molecule has 0 heteroatoms. The summed E-state index contributed by atoms with van der Waals surface area (Å²) in [6.07, 6.45) is 11.9. The van der Waals surface area contributed by atoms with Gasteiger partial charge in [0, 0.05) is 0 Å². The summed E-state index contributed by atoms with van der Waals surface area (Å²) in [6.45, 7) is 12.6. The average Bonchev–Trinajstić information content (AvgIpc) is 2.04. The van der Waals surface area contributed by atoms with Gasteiger partial charge >= 0.3 is 0 Å². The third-order valence-corrected chi connectivity index (χ3v) is 1.07. The summed E-state index contributed by atoms with van der Waals surface area (Å²) in [6, 6.07) is 0. The van der Waals surface area contributed by atoms with Crippen LogP contribution >= 0.6 is 0 Å². The van der Waals surface area contributed by atoms with Crippen molar-refractivity contribution in [2.24, 2.45) is 0 Å². The highest BCUT2D eigenvalue weighted by Crippen LogP contribution is 1.93. The second-order valence-electron chi connectivity index (χ2n) is 2.02. The van der Waals surface area contributed by atoms with Crippen molar-refractivity contribution in [3.05, 3.63) is 61.8 Å². The molecule has 0 aromatic rings. The van der Waals surface area contributed by atoms with E-state index in [0.717, 1.165) is 6.42 Å². The molecular formula is C11H13. The van der Waals surface area contributed by atoms with E-state index in [2.05, 4.69) is 13.2 Å². The summed E-state index contributed by atoms with van der Waals surface area (Å²) in [4.78, 5) is 0. The maximum absolute atomic E-state index is 5.45. The summed E-state index contributed by atoms with van der Waals surface area (Å²) in [5.74, 6) is 0. The van der Waals surface area contributed by atoms with Crippen molar-refractivity contribution >= 4 is 0 Å². The standard InChI is InChI=1S/C11H13/c1-4-6-7-8-9-10-11(3)5-2/h3-5,7-10H,1-2,6H2/b8-7+,10-9+,11-3?. The molecular weight excluding hydrogens is 132 g/mol. The van der Waals surface area contributed by atoms with E-state index in [-0.39, 0.29) is 0 Å². The van der Waals surface area contributed by atoms with E-state index in [1.807, 2.05) is 24.3 Å². The van der Waals surface area contributed by atoms with Crippen LogP contribution in [0.2, 0.25) is 0 Å². The molecule has 11 heavy (non-hydrogen) atoms. The first-order chi connectivity index (χ1) is 5.31. The predicted octanol–water partition coefficient (Wildman–Crippen LogP) is 3.22. The Labute approximate surface area is 68.9 Å². The molecule has 0 aliphatic heterocycles. The van der Waals surface area contributed by atoms with Crippen LogP contribution in [0, 0.1) is 6.58 Å². The lowest BCUT2D eigenvalue weighted by molar-refractivity contribution is 1.41. The third-order valence-electron chi connectivity index (χ3n) is 1.07. The van der Waals surface area contributed by atoms with Crippen LogP contribution in [0.25, 0.3) is 0 Å². The topological polar surface area (TPSA) is 0 Å². The van der Waals surface area contributed by atoms with Gasteiger partial charge < -0.3 is 0 Å². The van der Waals surface area contributed by atoms with E-state index in [0.29, 0.717) is 5.57 Å². The zero-order valence-electron chi connectivity index (χ0n) is 6.66. The Morgan fingerprint density at radius 3 is 2.55 bits per heavy atom. The van der Waals surface area contributed by atoms with Gasteiger partial charge in [-0.2, -0.15) is 0 Å². The van der Waals surface area contributed by atoms with E-state index in [1.165, 1.54) is 0 Å². The van der Waals surface area contributed by atoms with Gasteiger partial charge in [0.1, 0.15) is 0 Å². The first kappa shape index (κ1) is 9.70. The van der Waals surface area contributed by atoms with Gasteiger partial charge in [-0.1, -0.05) is 49.6 Å². The summed E-state index contributed by atoms with van der Waals surface area (Å²) >= 11 is 0. The number of rotatable bonds is 5. The predicted molar refractivity (Wildman–Crippen MR) is 51.1 cm³/mol. The SMILES string of the molecule is [CH]=C(C=C)/C=C/C=C/CC=C. The van der Waals surface area contributed by atoms with Gasteiger partial charge in [-0.3, -0.25) is 0 Å². The lowest BCUT2D eigenvalue weighted by Crippen LogP contribution is -1.62. The van der Waals surface area contributed by atoms with Gasteiger partial charge in [0.15, 0.2) is 0 Å². The number of allylic oxidation sites excluding steroid dienone is 7. The van der Waals surface area contributed by atoms with Crippen molar-refractivity contribution in [1.29, 1.82) is 0 Å². The van der Waals surface area contributed by atoms with E-state index in [1.54, 1.807) is 12.2 Å². The molecule has 0 bridgehead atoms. The van der Waals surface area contributed by atoms with Gasteiger partial charge in [0.2, 0.25) is 0 Å². The minimum atomic E-state index is 0.674. The Balaban J connectivity index is 3.67. The average molecular weight is 145 g/mol. The fourth-order valence-electron chi connectivity index (χ4n) is 0.488. The maximum Gasteiger partial charge on any atom is -0.0169 e. The Morgan fingerprint density at radius 1 is 1.27 bits per heavy atom. The van der Waals surface area contributed by atoms with E-state index < -0.39 is 0 Å². The first-order valence-electron chi connectivity index (χ1n) is 3.50. The van der Waals surface area contributed by atoms with Crippen LogP contribution in [0.1, 0.15) is 6.42 Å². The van der Waals surface area contributed by atoms with E-state index >= 15 is 0 Å². The zero-order chi connectivity index (χ0) is 8.53. The highest BCUT2D eigenvalue weighted by molar-refractivity contribution is 5.26. The molecule has 0 N–H and O–H groups in total. The lowest BCUT2D eigenvalue weighted by atomic mass is 10.2. The van der Waals surface area contributed by atoms with Gasteiger partial charge in [-0.05, 0) is 12.0 Å². The zero-order valence-corrected chi connectivity index (χ0v) is 6.66. The normalized spacial score (nSPS) is 10.5. The second-order valence-corrected chi connectivity index (χ2v) is 2.02. The highest BCUT2D eigenvalue weighted by atomic mass is 13.8. The van der Waals surface area contributed by atoms with Crippen molar-refractivity contribution in [2.45, 2.75) is 6.42 Å². The van der Waals surface area contributed by atoms with Crippen molar-refractivity contribution in [3.63, 3.8) is 0 Å². The lowest BCUT2D eigenvalue weighted by Gasteiger charge is -1.82. The third kappa shape index (κ3) is 6.59. The molecule has 1 radical (unpaired) electrons. The van der Waals surface area contributed by atoms with Gasteiger partial charge in [0.25, 0.3) is 0 Å². The van der Waals surface area contributed by atoms with Gasteiger partial charge in [-0.15, -0.1) is 6.58 Å². The molecule has 0 unspecified atom stereocenters. The summed E-state index contributed by atoms with van der Waals surface area (Å²) in [5, 5.41) is 0. The molecule has 0 aromatic heterocycles. The largest absolute Gasteiger partial charge is 0.103 e. The van der Waals surface area contributed by atoms with Gasteiger partial charge in [-0.25, -0.2) is 0 Å². The van der Waals surface area contributed by atoms with Crippen molar-refractivity contribution in [2.75, 3.05) is 0 Å². The number of hydrogen-bond acceptors (Lipinski definition) is 0. The molecule has 0 aliphatic rings. The molecule has 0 nitrogen and oxygen atoms in total. The highest BCUT2D eigenvalue weighted by Gasteiger charge is 1.72. The van der Waals surface area contributed by atoms with Gasteiger partial charge in [0.05, 0.1) is 0 Å². The molecule has 0 saturated carbocycles. The van der Waals surface area contributed by atoms with Crippen molar-refractivity contribution in [3.8, 4) is 0 Å². The Bertz CT molecular complexity index is 192. The second kappa shape index (κ2) is 6.81. The molecule has 0 saturated heterocycles. The van der Waals surface area contributed by atoms with Crippen LogP contribution in [0.15, 0.2) is 55.2 Å². The fourth-order valence-corrected chi connectivity index (χ4v) is 0.488. The van der Waals surface area contributed by atoms with Crippen LogP contribution in [0.5, 0.6) is 0 Å². The molecule has 0 aliphatic carbocycles. The maximum atomic E-state index is 5.45. The van der Waals surface area contributed by atoms with Crippen molar-refractivity contribution < 1.29 is 0 Å². The molecule has 57 valence electrons. The molecule has 0 spiro atoms. The molecule has 0 atom stereocenters. The van der Waals surface area contributed by atoms with Crippen molar-refractivity contribution in [1.82, 2.24) is 0 Å². The van der Waals surface area contributed by atoms with Crippen LogP contribution in [-0.4, -0.2) is 0 Å². The van der Waals surface area contributed by atoms with Crippen LogP contribution in [0.4, 0.5) is 0 Å². The minimum Gasteiger partial charge on any atom is -0.103 e. The molecule has 0 aromatic carbocycles. The molecule has 0 fully saturated rings. The Kier molecular flexibility index (Phi) is 6.01. The molecule has 0 amide bonds. The van der Waals surface area contributed by atoms with E-state index in [9.17, 15) is 0 Å². The number of hydrogen-bond donors (Lipinski definition) is 0. The molecule has 0 heterocycles. The van der Waals surface area contributed by atoms with Crippen LogP contribution in [-0.2, 0) is 0 Å². The first-order valence-corrected chi connectivity index (χ1v) is 3.50. The summed E-state index contributed by atoms with van der Waals surface area (Å²) in [7, 11) is 0.